The summed E-state index contributed by atoms with van der Waals surface area (Å²) >= 11 is 0. The predicted octanol–water partition coefficient (Wildman–Crippen LogP) is 8.99. The van der Waals surface area contributed by atoms with Gasteiger partial charge in [0.05, 0.1) is 7.11 Å². The fourth-order valence-electron chi connectivity index (χ4n) is 6.01. The molecule has 2 aromatic rings. The monoisotopic (exact) mass is 588 g/mol. The second-order valence-corrected chi connectivity index (χ2v) is 13.0. The largest absolute Gasteiger partial charge is 0.488 e. The van der Waals surface area contributed by atoms with Gasteiger partial charge in [-0.15, -0.1) is 0 Å². The van der Waals surface area contributed by atoms with Crippen molar-refractivity contribution in [3.63, 3.8) is 0 Å². The average Bonchev–Trinajstić information content (AvgIpc) is 2.96. The van der Waals surface area contributed by atoms with E-state index in [1.54, 1.807) is 0 Å². The van der Waals surface area contributed by atoms with Gasteiger partial charge >= 0.3 is 5.97 Å². The van der Waals surface area contributed by atoms with Gasteiger partial charge in [0.15, 0.2) is 5.78 Å². The lowest BCUT2D eigenvalue weighted by Crippen LogP contribution is -2.42. The van der Waals surface area contributed by atoms with Crippen LogP contribution in [0.2, 0.25) is 0 Å². The minimum Gasteiger partial charge on any atom is -0.488 e. The molecular formula is C38H52O5. The van der Waals surface area contributed by atoms with E-state index in [2.05, 4.69) is 65.8 Å². The van der Waals surface area contributed by atoms with Crippen molar-refractivity contribution in [2.45, 2.75) is 106 Å². The smallest absolute Gasteiger partial charge is 0.316 e. The zero-order chi connectivity index (χ0) is 31.7. The molecule has 5 heteroatoms. The normalized spacial score (nSPS) is 18.3. The molecule has 0 spiro atoms. The summed E-state index contributed by atoms with van der Waals surface area (Å²) in [6, 6.07) is 10.2. The third kappa shape index (κ3) is 9.08. The zero-order valence-corrected chi connectivity index (χ0v) is 27.8. The van der Waals surface area contributed by atoms with Gasteiger partial charge in [-0.05, 0) is 108 Å². The Labute approximate surface area is 259 Å². The molecule has 234 valence electrons. The van der Waals surface area contributed by atoms with Gasteiger partial charge < -0.3 is 14.2 Å². The Bertz CT molecular complexity index is 1320. The van der Waals surface area contributed by atoms with Crippen LogP contribution in [0.3, 0.4) is 0 Å². The molecule has 0 bridgehead atoms. The molecule has 5 nitrogen and oxygen atoms in total. The molecule has 0 N–H and O–H groups in total. The maximum absolute atomic E-state index is 13.7. The van der Waals surface area contributed by atoms with E-state index in [0.717, 1.165) is 65.0 Å². The molecule has 4 atom stereocenters. The van der Waals surface area contributed by atoms with Crippen LogP contribution in [0.1, 0.15) is 94.5 Å². The first kappa shape index (κ1) is 34.2. The van der Waals surface area contributed by atoms with E-state index in [0.29, 0.717) is 18.9 Å². The highest BCUT2D eigenvalue weighted by molar-refractivity contribution is 6.00. The lowest BCUT2D eigenvalue weighted by Gasteiger charge is -2.38. The van der Waals surface area contributed by atoms with Crippen LogP contribution in [0.5, 0.6) is 11.5 Å². The van der Waals surface area contributed by atoms with Crippen molar-refractivity contribution >= 4 is 11.8 Å². The van der Waals surface area contributed by atoms with E-state index in [1.807, 2.05) is 38.1 Å². The second-order valence-electron chi connectivity index (χ2n) is 13.0. The summed E-state index contributed by atoms with van der Waals surface area (Å²) in [6.45, 7) is 17.1. The van der Waals surface area contributed by atoms with Crippen molar-refractivity contribution in [1.82, 2.24) is 0 Å². The van der Waals surface area contributed by atoms with Crippen LogP contribution in [0.4, 0.5) is 0 Å². The molecule has 0 fully saturated rings. The number of methoxy groups -OCH3 is 1. The number of hydrogen-bond donors (Lipinski definition) is 0. The van der Waals surface area contributed by atoms with Gasteiger partial charge in [0.25, 0.3) is 0 Å². The Balaban J connectivity index is 1.72. The Morgan fingerprint density at radius 3 is 2.40 bits per heavy atom. The summed E-state index contributed by atoms with van der Waals surface area (Å²) in [5.74, 6) is 0.527. The lowest BCUT2D eigenvalue weighted by molar-refractivity contribution is -0.151. The van der Waals surface area contributed by atoms with E-state index in [-0.39, 0.29) is 18.1 Å². The number of carbonyl (C=O) groups excluding carboxylic acids is 2. The van der Waals surface area contributed by atoms with Crippen LogP contribution in [0.15, 0.2) is 54.1 Å². The molecule has 0 radical (unpaired) electrons. The highest BCUT2D eigenvalue weighted by Gasteiger charge is 2.41. The van der Waals surface area contributed by atoms with Crippen molar-refractivity contribution in [2.75, 3.05) is 7.11 Å². The Hall–Kier alpha value is -3.34. The summed E-state index contributed by atoms with van der Waals surface area (Å²) < 4.78 is 18.1. The Kier molecular flexibility index (Phi) is 12.2. The van der Waals surface area contributed by atoms with Crippen LogP contribution in [-0.4, -0.2) is 24.5 Å². The molecule has 0 aromatic heterocycles. The molecule has 0 aliphatic carbocycles. The summed E-state index contributed by atoms with van der Waals surface area (Å²) in [6.07, 6.45) is 11.1. The summed E-state index contributed by atoms with van der Waals surface area (Å²) in [4.78, 5) is 26.6. The van der Waals surface area contributed by atoms with Gasteiger partial charge in [-0.2, -0.15) is 0 Å². The standard InChI is InChI=1S/C38H52O5/c1-25(2)15-13-16-26(3)17-14-18-27(4)34(37(40)41-9)33(39)23-38(8)22-21-32-30(7)35(28(5)29(6)36(32)43-38)42-24-31-19-11-10-12-20-31/h10-12,14-15,18-20,26-27,34H,13,16-17,21-24H2,1-9H3/t26-,27-,34?,38+/m1/s1. The zero-order valence-electron chi connectivity index (χ0n) is 27.8. The van der Waals surface area contributed by atoms with E-state index in [9.17, 15) is 9.59 Å². The molecule has 0 saturated carbocycles. The Morgan fingerprint density at radius 2 is 1.74 bits per heavy atom. The van der Waals surface area contributed by atoms with Gasteiger partial charge in [-0.25, -0.2) is 0 Å². The molecule has 43 heavy (non-hydrogen) atoms. The van der Waals surface area contributed by atoms with Crippen LogP contribution >= 0.6 is 0 Å². The fraction of sp³-hybridized carbons (Fsp3) is 0.526. The number of carbonyl (C=O) groups is 2. The third-order valence-electron chi connectivity index (χ3n) is 8.86. The molecule has 1 heterocycles. The number of Topliss-reactive ketones (excluding diaryl/α,β-unsaturated/α-hetero) is 1. The van der Waals surface area contributed by atoms with Gasteiger partial charge in [0, 0.05) is 12.0 Å². The van der Waals surface area contributed by atoms with Crippen LogP contribution in [-0.2, 0) is 27.4 Å². The summed E-state index contributed by atoms with van der Waals surface area (Å²) in [5, 5.41) is 0. The van der Waals surface area contributed by atoms with Gasteiger partial charge in [-0.3, -0.25) is 9.59 Å². The van der Waals surface area contributed by atoms with Crippen LogP contribution in [0.25, 0.3) is 0 Å². The second kappa shape index (κ2) is 15.4. The first-order valence-corrected chi connectivity index (χ1v) is 15.8. The number of hydrogen-bond acceptors (Lipinski definition) is 5. The van der Waals surface area contributed by atoms with E-state index >= 15 is 0 Å². The maximum atomic E-state index is 13.7. The number of ether oxygens (including phenoxy) is 3. The number of esters is 1. The fourth-order valence-corrected chi connectivity index (χ4v) is 6.01. The SMILES string of the molecule is COC(=O)C(C(=O)C[C@]1(C)CCc2c(C)c(OCc3ccccc3)c(C)c(C)c2O1)[C@H](C)C=CC[C@H](C)CCC=C(C)C. The minimum atomic E-state index is -0.859. The predicted molar refractivity (Wildman–Crippen MR) is 175 cm³/mol. The third-order valence-corrected chi connectivity index (χ3v) is 8.86. The maximum Gasteiger partial charge on any atom is 0.316 e. The molecule has 1 aliphatic heterocycles. The molecule has 2 aromatic carbocycles. The van der Waals surface area contributed by atoms with Crippen molar-refractivity contribution in [2.24, 2.45) is 17.8 Å². The quantitative estimate of drug-likeness (QED) is 0.125. The molecule has 3 rings (SSSR count). The highest BCUT2D eigenvalue weighted by atomic mass is 16.5. The van der Waals surface area contributed by atoms with Gasteiger partial charge in [0.1, 0.15) is 29.6 Å². The topological polar surface area (TPSA) is 61.8 Å². The number of rotatable bonds is 14. The van der Waals surface area contributed by atoms with Crippen LogP contribution < -0.4 is 9.47 Å². The molecule has 1 aliphatic rings. The molecular weight excluding hydrogens is 536 g/mol. The lowest BCUT2D eigenvalue weighted by atomic mass is 9.80. The van der Waals surface area contributed by atoms with Gasteiger partial charge in [0.2, 0.25) is 0 Å². The number of benzene rings is 2. The Morgan fingerprint density at radius 1 is 1.05 bits per heavy atom. The highest BCUT2D eigenvalue weighted by Crippen LogP contribution is 2.45. The minimum absolute atomic E-state index is 0.138. The number of fused-ring (bicyclic) bond motifs is 1. The van der Waals surface area contributed by atoms with Crippen molar-refractivity contribution in [1.29, 1.82) is 0 Å². The number of allylic oxidation sites excluding steroid dienone is 4. The number of ketones is 1. The van der Waals surface area contributed by atoms with E-state index in [1.165, 1.54) is 12.7 Å². The van der Waals surface area contributed by atoms with Crippen molar-refractivity contribution in [3.8, 4) is 11.5 Å². The average molecular weight is 589 g/mol. The summed E-state index contributed by atoms with van der Waals surface area (Å²) in [5.41, 5.74) is 6.05. The summed E-state index contributed by atoms with van der Waals surface area (Å²) in [7, 11) is 1.35. The first-order valence-electron chi connectivity index (χ1n) is 15.8. The van der Waals surface area contributed by atoms with Crippen molar-refractivity contribution in [3.05, 3.63) is 82.0 Å². The van der Waals surface area contributed by atoms with Gasteiger partial charge in [-0.1, -0.05) is 68.0 Å². The van der Waals surface area contributed by atoms with Crippen LogP contribution in [0, 0.1) is 38.5 Å². The molecule has 0 saturated heterocycles. The molecule has 1 unspecified atom stereocenters. The van der Waals surface area contributed by atoms with E-state index in [4.69, 9.17) is 14.2 Å². The van der Waals surface area contributed by atoms with E-state index < -0.39 is 17.5 Å². The van der Waals surface area contributed by atoms with Crippen molar-refractivity contribution < 1.29 is 23.8 Å². The molecule has 0 amide bonds. The first-order chi connectivity index (χ1) is 20.4.